The van der Waals surface area contributed by atoms with Crippen LogP contribution in [-0.4, -0.2) is 29.3 Å². The monoisotopic (exact) mass is 338 g/mol. The standard InChI is InChI=1S/C15H18N2O5S/c1-15(2,20)8-4-3-5-11-6-7-13(18)12(9-11)17-10-14(19)16-23(17,21)22/h6-7,9-10,16,18-20H,4,8H2,1-2H3. The highest BCUT2D eigenvalue weighted by atomic mass is 32.2. The molecule has 1 aliphatic rings. The molecule has 7 nitrogen and oxygen atoms in total. The summed E-state index contributed by atoms with van der Waals surface area (Å²) in [6, 6.07) is 4.28. The van der Waals surface area contributed by atoms with Gasteiger partial charge in [0.1, 0.15) is 11.4 Å². The summed E-state index contributed by atoms with van der Waals surface area (Å²) in [5.74, 6) is 4.94. The van der Waals surface area contributed by atoms with Crippen molar-refractivity contribution in [2.75, 3.05) is 4.31 Å². The zero-order valence-electron chi connectivity index (χ0n) is 12.7. The predicted octanol–water partition coefficient (Wildman–Crippen LogP) is 1.31. The fourth-order valence-corrected chi connectivity index (χ4v) is 2.96. The third-order valence-electron chi connectivity index (χ3n) is 3.04. The van der Waals surface area contributed by atoms with E-state index in [4.69, 9.17) is 0 Å². The number of phenols is 1. The highest BCUT2D eigenvalue weighted by Gasteiger charge is 2.30. The van der Waals surface area contributed by atoms with E-state index < -0.39 is 21.7 Å². The molecule has 4 N–H and O–H groups in total. The van der Waals surface area contributed by atoms with Gasteiger partial charge in [-0.25, -0.2) is 9.03 Å². The Kier molecular flexibility index (Phi) is 4.45. The van der Waals surface area contributed by atoms with Crippen LogP contribution in [0.1, 0.15) is 32.3 Å². The van der Waals surface area contributed by atoms with Crippen molar-refractivity contribution in [2.24, 2.45) is 0 Å². The van der Waals surface area contributed by atoms with Crippen LogP contribution in [0.3, 0.4) is 0 Å². The van der Waals surface area contributed by atoms with E-state index >= 15 is 0 Å². The summed E-state index contributed by atoms with van der Waals surface area (Å²) in [7, 11) is -3.97. The highest BCUT2D eigenvalue weighted by molar-refractivity contribution is 7.91. The molecule has 0 saturated carbocycles. The quantitative estimate of drug-likeness (QED) is 0.621. The lowest BCUT2D eigenvalue weighted by Crippen LogP contribution is -2.29. The van der Waals surface area contributed by atoms with Gasteiger partial charge in [0, 0.05) is 12.0 Å². The molecule has 0 spiro atoms. The van der Waals surface area contributed by atoms with Gasteiger partial charge in [0.2, 0.25) is 5.88 Å². The summed E-state index contributed by atoms with van der Waals surface area (Å²) in [5, 5.41) is 28.8. The maximum atomic E-state index is 11.8. The molecule has 0 atom stereocenters. The molecule has 0 fully saturated rings. The zero-order chi connectivity index (χ0) is 17.3. The first-order chi connectivity index (χ1) is 10.6. The Bertz CT molecular complexity index is 797. The lowest BCUT2D eigenvalue weighted by Gasteiger charge is -2.15. The molecule has 1 aromatic rings. The smallest absolute Gasteiger partial charge is 0.330 e. The van der Waals surface area contributed by atoms with Crippen LogP contribution in [0, 0.1) is 11.8 Å². The van der Waals surface area contributed by atoms with Crippen molar-refractivity contribution in [3.05, 3.63) is 35.8 Å². The van der Waals surface area contributed by atoms with Gasteiger partial charge < -0.3 is 15.3 Å². The number of rotatable bonds is 3. The van der Waals surface area contributed by atoms with E-state index in [-0.39, 0.29) is 11.4 Å². The third-order valence-corrected chi connectivity index (χ3v) is 4.33. The minimum Gasteiger partial charge on any atom is -0.506 e. The van der Waals surface area contributed by atoms with Crippen molar-refractivity contribution in [3.8, 4) is 17.6 Å². The van der Waals surface area contributed by atoms with Crippen molar-refractivity contribution >= 4 is 15.9 Å². The van der Waals surface area contributed by atoms with Gasteiger partial charge in [0.25, 0.3) is 0 Å². The van der Waals surface area contributed by atoms with Gasteiger partial charge in [0.15, 0.2) is 0 Å². The fraction of sp³-hybridized carbons (Fsp3) is 0.333. The topological polar surface area (TPSA) is 110 Å². The van der Waals surface area contributed by atoms with E-state index in [1.54, 1.807) is 19.9 Å². The van der Waals surface area contributed by atoms with Gasteiger partial charge >= 0.3 is 10.2 Å². The maximum absolute atomic E-state index is 11.8. The van der Waals surface area contributed by atoms with Crippen LogP contribution < -0.4 is 9.03 Å². The number of phenolic OH excluding ortho intramolecular Hbond substituents is 1. The van der Waals surface area contributed by atoms with Crippen molar-refractivity contribution in [3.63, 3.8) is 0 Å². The van der Waals surface area contributed by atoms with Gasteiger partial charge in [-0.1, -0.05) is 11.8 Å². The fourth-order valence-electron chi connectivity index (χ4n) is 1.90. The average molecular weight is 338 g/mol. The Labute approximate surface area is 135 Å². The molecular weight excluding hydrogens is 320 g/mol. The molecule has 1 aromatic carbocycles. The van der Waals surface area contributed by atoms with Gasteiger partial charge in [-0.2, -0.15) is 8.42 Å². The minimum absolute atomic E-state index is 0.0177. The molecule has 0 radical (unpaired) electrons. The highest BCUT2D eigenvalue weighted by Crippen LogP contribution is 2.32. The predicted molar refractivity (Wildman–Crippen MR) is 85.8 cm³/mol. The normalized spacial score (nSPS) is 16.3. The lowest BCUT2D eigenvalue weighted by atomic mass is 10.0. The molecule has 0 aromatic heterocycles. The summed E-state index contributed by atoms with van der Waals surface area (Å²) in [6.07, 6.45) is 1.94. The number of aromatic hydroxyl groups is 1. The number of nitrogens with one attached hydrogen (secondary N) is 1. The third kappa shape index (κ3) is 4.31. The van der Waals surface area contributed by atoms with Crippen LogP contribution >= 0.6 is 0 Å². The molecule has 0 aliphatic carbocycles. The van der Waals surface area contributed by atoms with Crippen LogP contribution in [-0.2, 0) is 10.2 Å². The zero-order valence-corrected chi connectivity index (χ0v) is 13.6. The van der Waals surface area contributed by atoms with Gasteiger partial charge in [0.05, 0.1) is 11.8 Å². The minimum atomic E-state index is -3.97. The summed E-state index contributed by atoms with van der Waals surface area (Å²) in [6.45, 7) is 3.38. The molecule has 0 saturated heterocycles. The number of aliphatic hydroxyl groups is 2. The molecule has 8 heteroatoms. The van der Waals surface area contributed by atoms with E-state index in [9.17, 15) is 23.7 Å². The van der Waals surface area contributed by atoms with E-state index in [1.807, 2.05) is 4.72 Å². The van der Waals surface area contributed by atoms with Crippen LogP contribution in [0.15, 0.2) is 30.3 Å². The number of aliphatic hydroxyl groups excluding tert-OH is 1. The second-order valence-electron chi connectivity index (χ2n) is 5.73. The van der Waals surface area contributed by atoms with Crippen LogP contribution in [0.2, 0.25) is 0 Å². The Balaban J connectivity index is 2.26. The van der Waals surface area contributed by atoms with Gasteiger partial charge in [-0.05, 0) is 38.5 Å². The van der Waals surface area contributed by atoms with E-state index in [1.165, 1.54) is 12.1 Å². The second-order valence-corrected chi connectivity index (χ2v) is 7.28. The maximum Gasteiger partial charge on any atom is 0.330 e. The number of nitrogens with zero attached hydrogens (tertiary/aromatic N) is 1. The van der Waals surface area contributed by atoms with E-state index in [0.29, 0.717) is 18.4 Å². The Morgan fingerprint density at radius 3 is 2.57 bits per heavy atom. The van der Waals surface area contributed by atoms with E-state index in [2.05, 4.69) is 11.8 Å². The van der Waals surface area contributed by atoms with Crippen LogP contribution in [0.5, 0.6) is 5.75 Å². The molecule has 23 heavy (non-hydrogen) atoms. The number of hydrogen-bond donors (Lipinski definition) is 4. The SMILES string of the molecule is CC(C)(O)CCC#Cc1ccc(O)c(N2C=C(O)NS2(=O)=O)c1. The average Bonchev–Trinajstić information content (AvgIpc) is 2.68. The lowest BCUT2D eigenvalue weighted by molar-refractivity contribution is 0.0727. The van der Waals surface area contributed by atoms with Crippen LogP contribution in [0.4, 0.5) is 5.69 Å². The van der Waals surface area contributed by atoms with Crippen molar-refractivity contribution in [2.45, 2.75) is 32.3 Å². The molecule has 124 valence electrons. The molecule has 2 rings (SSSR count). The second kappa shape index (κ2) is 6.02. The Hall–Kier alpha value is -2.37. The summed E-state index contributed by atoms with van der Waals surface area (Å²) >= 11 is 0. The summed E-state index contributed by atoms with van der Waals surface area (Å²) in [5.41, 5.74) is -0.314. The number of hydrogen-bond acceptors (Lipinski definition) is 5. The van der Waals surface area contributed by atoms with Crippen molar-refractivity contribution in [1.82, 2.24) is 4.72 Å². The molecule has 0 unspecified atom stereocenters. The van der Waals surface area contributed by atoms with Gasteiger partial charge in [-0.15, -0.1) is 0 Å². The molecule has 1 aliphatic heterocycles. The Morgan fingerprint density at radius 2 is 2.00 bits per heavy atom. The molecular formula is C15H18N2O5S. The molecule has 1 heterocycles. The summed E-state index contributed by atoms with van der Waals surface area (Å²) in [4.78, 5) is 0. The first-order valence-corrected chi connectivity index (χ1v) is 8.30. The first kappa shape index (κ1) is 17.0. The summed E-state index contributed by atoms with van der Waals surface area (Å²) < 4.78 is 26.3. The largest absolute Gasteiger partial charge is 0.506 e. The number of anilines is 1. The van der Waals surface area contributed by atoms with Crippen molar-refractivity contribution < 1.29 is 23.7 Å². The van der Waals surface area contributed by atoms with Gasteiger partial charge in [-0.3, -0.25) is 0 Å². The Morgan fingerprint density at radius 1 is 1.30 bits per heavy atom. The molecule has 0 bridgehead atoms. The van der Waals surface area contributed by atoms with Crippen molar-refractivity contribution in [1.29, 1.82) is 0 Å². The van der Waals surface area contributed by atoms with E-state index in [0.717, 1.165) is 10.5 Å². The van der Waals surface area contributed by atoms with Crippen LogP contribution in [0.25, 0.3) is 0 Å². The number of benzene rings is 1. The first-order valence-electron chi connectivity index (χ1n) is 6.86. The molecule has 0 amide bonds.